The van der Waals surface area contributed by atoms with Gasteiger partial charge in [0.05, 0.1) is 6.61 Å². The molecule has 172 valence electrons. The van der Waals surface area contributed by atoms with E-state index in [9.17, 15) is 4.79 Å². The van der Waals surface area contributed by atoms with Gasteiger partial charge in [0.1, 0.15) is 20.3 Å². The molecular weight excluding hydrogens is 452 g/mol. The van der Waals surface area contributed by atoms with E-state index in [1.54, 1.807) is 0 Å². The highest BCUT2D eigenvalue weighted by Crippen LogP contribution is 2.46. The Hall–Kier alpha value is -2.36. The summed E-state index contributed by atoms with van der Waals surface area (Å²) in [6, 6.07) is 14.2. The SMILES string of the molecule is CC(=O)OC[C@@]12C=CC[C@](c3ccc(Cl)c(Cc4ccc(C#C[Si](C)(C)C)cc4)c3)(OC1)O2. The van der Waals surface area contributed by atoms with Gasteiger partial charge in [0.15, 0.2) is 5.79 Å². The predicted molar refractivity (Wildman–Crippen MR) is 133 cm³/mol. The van der Waals surface area contributed by atoms with E-state index in [1.165, 1.54) is 6.92 Å². The number of carbonyl (C=O) groups is 1. The van der Waals surface area contributed by atoms with Gasteiger partial charge >= 0.3 is 5.97 Å². The van der Waals surface area contributed by atoms with Crippen molar-refractivity contribution in [3.63, 3.8) is 0 Å². The van der Waals surface area contributed by atoms with Crippen molar-refractivity contribution in [1.82, 2.24) is 0 Å². The zero-order chi connectivity index (χ0) is 23.7. The van der Waals surface area contributed by atoms with Gasteiger partial charge < -0.3 is 14.2 Å². The minimum absolute atomic E-state index is 0.133. The summed E-state index contributed by atoms with van der Waals surface area (Å²) in [4.78, 5) is 11.3. The lowest BCUT2D eigenvalue weighted by molar-refractivity contribution is -0.200. The van der Waals surface area contributed by atoms with Crippen LogP contribution in [0, 0.1) is 11.5 Å². The number of esters is 1. The highest BCUT2D eigenvalue weighted by Gasteiger charge is 2.53. The summed E-state index contributed by atoms with van der Waals surface area (Å²) in [5, 5.41) is 0.702. The zero-order valence-corrected chi connectivity index (χ0v) is 21.3. The smallest absolute Gasteiger partial charge is 0.302 e. The van der Waals surface area contributed by atoms with Crippen LogP contribution in [0.4, 0.5) is 0 Å². The lowest BCUT2D eigenvalue weighted by atomic mass is 9.94. The minimum atomic E-state index is -1.40. The highest BCUT2D eigenvalue weighted by atomic mass is 35.5. The second kappa shape index (κ2) is 9.12. The zero-order valence-electron chi connectivity index (χ0n) is 19.5. The third-order valence-electron chi connectivity index (χ3n) is 5.66. The molecule has 0 aliphatic carbocycles. The first-order chi connectivity index (χ1) is 15.6. The van der Waals surface area contributed by atoms with E-state index in [1.807, 2.05) is 24.3 Å². The maximum Gasteiger partial charge on any atom is 0.302 e. The van der Waals surface area contributed by atoms with Crippen LogP contribution in [0.3, 0.4) is 0 Å². The number of fused-ring (bicyclic) bond motifs is 2. The summed E-state index contributed by atoms with van der Waals surface area (Å²) in [6.07, 6.45) is 5.25. The first-order valence-electron chi connectivity index (χ1n) is 11.1. The summed E-state index contributed by atoms with van der Waals surface area (Å²) in [7, 11) is -1.40. The molecule has 2 aliphatic rings. The summed E-state index contributed by atoms with van der Waals surface area (Å²) in [5.41, 5.74) is 6.75. The van der Waals surface area contributed by atoms with Crippen molar-refractivity contribution in [2.75, 3.05) is 13.2 Å². The molecule has 4 nitrogen and oxygen atoms in total. The van der Waals surface area contributed by atoms with E-state index in [4.69, 9.17) is 25.8 Å². The average molecular weight is 481 g/mol. The quantitative estimate of drug-likeness (QED) is 0.241. The van der Waals surface area contributed by atoms with Gasteiger partial charge in [0, 0.05) is 29.5 Å². The third-order valence-corrected chi connectivity index (χ3v) is 6.91. The maximum absolute atomic E-state index is 11.3. The molecule has 0 N–H and O–H groups in total. The summed E-state index contributed by atoms with van der Waals surface area (Å²) < 4.78 is 17.8. The minimum Gasteiger partial charge on any atom is -0.462 e. The van der Waals surface area contributed by atoms with E-state index in [0.29, 0.717) is 24.5 Å². The van der Waals surface area contributed by atoms with Gasteiger partial charge in [0.2, 0.25) is 0 Å². The topological polar surface area (TPSA) is 44.8 Å². The molecule has 0 radical (unpaired) electrons. The van der Waals surface area contributed by atoms with Crippen LogP contribution in [0.5, 0.6) is 0 Å². The lowest BCUT2D eigenvalue weighted by Crippen LogP contribution is -2.41. The maximum atomic E-state index is 11.3. The predicted octanol–water partition coefficient (Wildman–Crippen LogP) is 5.62. The molecule has 0 amide bonds. The van der Waals surface area contributed by atoms with Gasteiger partial charge in [-0.15, -0.1) is 5.54 Å². The van der Waals surface area contributed by atoms with E-state index in [-0.39, 0.29) is 12.6 Å². The first kappa shape index (κ1) is 23.8. The molecule has 4 rings (SSSR count). The van der Waals surface area contributed by atoms with Gasteiger partial charge in [-0.3, -0.25) is 4.79 Å². The Kier molecular flexibility index (Phi) is 6.57. The summed E-state index contributed by atoms with van der Waals surface area (Å²) in [5.74, 6) is 2.06. The molecule has 2 heterocycles. The number of hydrogen-bond acceptors (Lipinski definition) is 4. The Labute approximate surface area is 201 Å². The van der Waals surface area contributed by atoms with E-state index in [0.717, 1.165) is 22.3 Å². The van der Waals surface area contributed by atoms with Crippen molar-refractivity contribution >= 4 is 25.6 Å². The Balaban J connectivity index is 1.54. The number of benzene rings is 2. The molecule has 2 atom stereocenters. The Bertz CT molecular complexity index is 1140. The Morgan fingerprint density at radius 3 is 2.64 bits per heavy atom. The van der Waals surface area contributed by atoms with Gasteiger partial charge in [-0.1, -0.05) is 67.5 Å². The Morgan fingerprint density at radius 2 is 1.94 bits per heavy atom. The lowest BCUT2D eigenvalue weighted by Gasteiger charge is -2.34. The number of hydrogen-bond donors (Lipinski definition) is 0. The van der Waals surface area contributed by atoms with Crippen LogP contribution < -0.4 is 0 Å². The van der Waals surface area contributed by atoms with Gasteiger partial charge in [-0.05, 0) is 41.8 Å². The van der Waals surface area contributed by atoms with Crippen LogP contribution in [0.2, 0.25) is 24.7 Å². The molecule has 33 heavy (non-hydrogen) atoms. The number of rotatable bonds is 5. The molecule has 1 fully saturated rings. The number of halogens is 1. The van der Waals surface area contributed by atoms with Crippen LogP contribution in [0.1, 0.15) is 35.6 Å². The molecule has 2 aromatic rings. The van der Waals surface area contributed by atoms with E-state index in [2.05, 4.69) is 61.4 Å². The number of carbonyl (C=O) groups excluding carboxylic acids is 1. The fourth-order valence-electron chi connectivity index (χ4n) is 3.97. The van der Waals surface area contributed by atoms with Gasteiger partial charge in [0.25, 0.3) is 0 Å². The largest absolute Gasteiger partial charge is 0.462 e. The van der Waals surface area contributed by atoms with Crippen LogP contribution in [0.25, 0.3) is 0 Å². The standard InChI is InChI=1S/C27H29ClO4Si/c1-20(29)30-18-26-13-5-14-27(32-26,31-19-26)24-10-11-25(28)23(17-24)16-22-8-6-21(7-9-22)12-15-33(2,3)4/h5-11,13,17H,14,16,18-19H2,1-4H3/t26-,27-/m0/s1. The fraction of sp³-hybridized carbons (Fsp3) is 0.370. The fourth-order valence-corrected chi connectivity index (χ4v) is 4.68. The molecule has 2 aromatic carbocycles. The van der Waals surface area contributed by atoms with Crippen molar-refractivity contribution in [3.8, 4) is 11.5 Å². The van der Waals surface area contributed by atoms with E-state index >= 15 is 0 Å². The molecule has 1 saturated heterocycles. The summed E-state index contributed by atoms with van der Waals surface area (Å²) >= 11 is 6.56. The molecule has 0 saturated carbocycles. The van der Waals surface area contributed by atoms with Crippen molar-refractivity contribution < 1.29 is 19.0 Å². The average Bonchev–Trinajstić information content (AvgIpc) is 3.04. The normalized spacial score (nSPS) is 23.7. The number of ether oxygens (including phenoxy) is 3. The molecule has 2 bridgehead atoms. The molecule has 0 spiro atoms. The highest BCUT2D eigenvalue weighted by molar-refractivity contribution is 6.83. The van der Waals surface area contributed by atoms with Crippen molar-refractivity contribution in [2.24, 2.45) is 0 Å². The van der Waals surface area contributed by atoms with Crippen LogP contribution in [-0.4, -0.2) is 32.9 Å². The summed E-state index contributed by atoms with van der Waals surface area (Å²) in [6.45, 7) is 8.57. The Morgan fingerprint density at radius 1 is 1.18 bits per heavy atom. The van der Waals surface area contributed by atoms with Crippen LogP contribution >= 0.6 is 11.6 Å². The first-order valence-corrected chi connectivity index (χ1v) is 15.0. The molecule has 6 heteroatoms. The third kappa shape index (κ3) is 5.59. The van der Waals surface area contributed by atoms with Gasteiger partial charge in [-0.25, -0.2) is 0 Å². The molecule has 0 unspecified atom stereocenters. The van der Waals surface area contributed by atoms with Crippen LogP contribution in [-0.2, 0) is 31.2 Å². The molecule has 2 aliphatic heterocycles. The van der Waals surface area contributed by atoms with Crippen LogP contribution in [0.15, 0.2) is 54.6 Å². The van der Waals surface area contributed by atoms with Crippen molar-refractivity contribution in [3.05, 3.63) is 81.9 Å². The van der Waals surface area contributed by atoms with E-state index < -0.39 is 19.5 Å². The van der Waals surface area contributed by atoms with Crippen molar-refractivity contribution in [1.29, 1.82) is 0 Å². The molecule has 0 aromatic heterocycles. The van der Waals surface area contributed by atoms with Gasteiger partial charge in [-0.2, -0.15) is 0 Å². The monoisotopic (exact) mass is 480 g/mol. The molecular formula is C27H29ClO4Si. The second-order valence-electron chi connectivity index (χ2n) is 9.78. The second-order valence-corrected chi connectivity index (χ2v) is 14.9. The van der Waals surface area contributed by atoms with Crippen molar-refractivity contribution in [2.45, 2.75) is 50.8 Å².